The summed E-state index contributed by atoms with van der Waals surface area (Å²) in [6.45, 7) is 2.02. The summed E-state index contributed by atoms with van der Waals surface area (Å²) in [7, 11) is 0. The van der Waals surface area contributed by atoms with Gasteiger partial charge in [0.1, 0.15) is 10.4 Å². The predicted octanol–water partition coefficient (Wildman–Crippen LogP) is 3.01. The fraction of sp³-hybridized carbons (Fsp3) is 0.100. The average Bonchev–Trinajstić information content (AvgIpc) is 2.02. The van der Waals surface area contributed by atoms with Crippen molar-refractivity contribution in [3.05, 3.63) is 34.4 Å². The highest BCUT2D eigenvalue weighted by atomic mass is 79.9. The summed E-state index contributed by atoms with van der Waals surface area (Å²) >= 11 is 3.32. The van der Waals surface area contributed by atoms with E-state index in [1.807, 2.05) is 19.1 Å². The van der Waals surface area contributed by atoms with E-state index in [0.717, 1.165) is 21.1 Å². The Morgan fingerprint density at radius 2 is 2.08 bits per heavy atom. The lowest BCUT2D eigenvalue weighted by molar-refractivity contribution is 0.476. The molecule has 66 valence electrons. The molecule has 1 N–H and O–H groups in total. The fourth-order valence-corrected chi connectivity index (χ4v) is 1.88. The maximum Gasteiger partial charge on any atom is 0.117 e. The van der Waals surface area contributed by atoms with Gasteiger partial charge in [-0.3, -0.25) is 0 Å². The molecule has 2 rings (SSSR count). The van der Waals surface area contributed by atoms with Gasteiger partial charge in [-0.05, 0) is 46.6 Å². The molecule has 13 heavy (non-hydrogen) atoms. The summed E-state index contributed by atoms with van der Waals surface area (Å²) in [6, 6.07) is 7.16. The number of hydrogen-bond acceptors (Lipinski definition) is 2. The third kappa shape index (κ3) is 1.52. The molecule has 1 aromatic heterocycles. The first kappa shape index (κ1) is 8.51. The van der Waals surface area contributed by atoms with E-state index in [1.54, 1.807) is 12.1 Å². The lowest BCUT2D eigenvalue weighted by Gasteiger charge is -2.02. The molecule has 0 aliphatic heterocycles. The van der Waals surface area contributed by atoms with Crippen LogP contribution >= 0.6 is 15.9 Å². The van der Waals surface area contributed by atoms with Crippen molar-refractivity contribution in [2.45, 2.75) is 6.92 Å². The summed E-state index contributed by atoms with van der Waals surface area (Å²) in [5, 5.41) is 10.3. The van der Waals surface area contributed by atoms with E-state index >= 15 is 0 Å². The normalized spacial score (nSPS) is 10.6. The first-order valence-electron chi connectivity index (χ1n) is 3.93. The third-order valence-corrected chi connectivity index (χ3v) is 2.38. The SMILES string of the molecule is Cc1cc(Br)nc2cc(O)ccc12. The van der Waals surface area contributed by atoms with Crippen LogP contribution in [-0.2, 0) is 0 Å². The minimum Gasteiger partial charge on any atom is -0.508 e. The Morgan fingerprint density at radius 1 is 1.31 bits per heavy atom. The molecule has 0 radical (unpaired) electrons. The van der Waals surface area contributed by atoms with Gasteiger partial charge >= 0.3 is 0 Å². The Hall–Kier alpha value is -1.09. The van der Waals surface area contributed by atoms with Crippen LogP contribution in [0.5, 0.6) is 5.75 Å². The summed E-state index contributed by atoms with van der Waals surface area (Å²) in [5.41, 5.74) is 1.96. The van der Waals surface area contributed by atoms with Gasteiger partial charge in [-0.25, -0.2) is 4.98 Å². The van der Waals surface area contributed by atoms with Gasteiger partial charge in [0.25, 0.3) is 0 Å². The van der Waals surface area contributed by atoms with Crippen LogP contribution in [0.25, 0.3) is 10.9 Å². The largest absolute Gasteiger partial charge is 0.508 e. The number of aromatic hydroxyl groups is 1. The Morgan fingerprint density at radius 3 is 2.85 bits per heavy atom. The van der Waals surface area contributed by atoms with Crippen LogP contribution in [0.3, 0.4) is 0 Å². The van der Waals surface area contributed by atoms with Crippen LogP contribution in [0.15, 0.2) is 28.9 Å². The highest BCUT2D eigenvalue weighted by molar-refractivity contribution is 9.10. The zero-order valence-corrected chi connectivity index (χ0v) is 8.67. The molecule has 0 saturated heterocycles. The number of nitrogens with zero attached hydrogens (tertiary/aromatic N) is 1. The number of aryl methyl sites for hydroxylation is 1. The molecule has 1 aromatic carbocycles. The van der Waals surface area contributed by atoms with Gasteiger partial charge < -0.3 is 5.11 Å². The van der Waals surface area contributed by atoms with Crippen molar-refractivity contribution in [2.24, 2.45) is 0 Å². The number of pyridine rings is 1. The molecule has 0 bridgehead atoms. The van der Waals surface area contributed by atoms with Crippen molar-refractivity contribution in [3.8, 4) is 5.75 Å². The zero-order valence-electron chi connectivity index (χ0n) is 7.08. The fourth-order valence-electron chi connectivity index (χ4n) is 1.35. The highest BCUT2D eigenvalue weighted by Crippen LogP contribution is 2.23. The molecule has 0 spiro atoms. The molecule has 0 atom stereocenters. The number of benzene rings is 1. The second-order valence-corrected chi connectivity index (χ2v) is 3.78. The summed E-state index contributed by atoms with van der Waals surface area (Å²) in [4.78, 5) is 4.25. The molecule has 0 amide bonds. The minimum atomic E-state index is 0.248. The molecule has 2 nitrogen and oxygen atoms in total. The van der Waals surface area contributed by atoms with Crippen molar-refractivity contribution >= 4 is 26.8 Å². The molecule has 0 unspecified atom stereocenters. The number of halogens is 1. The van der Waals surface area contributed by atoms with E-state index in [2.05, 4.69) is 20.9 Å². The number of phenols is 1. The Labute approximate surface area is 84.4 Å². The molecular weight excluding hydrogens is 230 g/mol. The van der Waals surface area contributed by atoms with Crippen molar-refractivity contribution in [3.63, 3.8) is 0 Å². The topological polar surface area (TPSA) is 33.1 Å². The Balaban J connectivity index is 2.86. The quantitative estimate of drug-likeness (QED) is 0.715. The number of phenolic OH excluding ortho intramolecular Hbond substituents is 1. The van der Waals surface area contributed by atoms with Crippen LogP contribution in [0.1, 0.15) is 5.56 Å². The highest BCUT2D eigenvalue weighted by Gasteiger charge is 2.01. The van der Waals surface area contributed by atoms with Gasteiger partial charge in [0, 0.05) is 11.5 Å². The number of hydrogen-bond donors (Lipinski definition) is 1. The molecule has 0 aliphatic carbocycles. The molecule has 3 heteroatoms. The number of rotatable bonds is 0. The third-order valence-electron chi connectivity index (χ3n) is 1.97. The van der Waals surface area contributed by atoms with Gasteiger partial charge in [-0.1, -0.05) is 0 Å². The van der Waals surface area contributed by atoms with E-state index < -0.39 is 0 Å². The van der Waals surface area contributed by atoms with Crippen molar-refractivity contribution in [1.82, 2.24) is 4.98 Å². The minimum absolute atomic E-state index is 0.248. The molecule has 2 aromatic rings. The van der Waals surface area contributed by atoms with Gasteiger partial charge in [-0.15, -0.1) is 0 Å². The van der Waals surface area contributed by atoms with Crippen molar-refractivity contribution in [1.29, 1.82) is 0 Å². The number of fused-ring (bicyclic) bond motifs is 1. The van der Waals surface area contributed by atoms with Crippen LogP contribution in [-0.4, -0.2) is 10.1 Å². The lowest BCUT2D eigenvalue weighted by Crippen LogP contribution is -1.83. The summed E-state index contributed by atoms with van der Waals surface area (Å²) < 4.78 is 0.795. The molecule has 0 fully saturated rings. The Kier molecular flexibility index (Phi) is 1.96. The average molecular weight is 238 g/mol. The van der Waals surface area contributed by atoms with Gasteiger partial charge in [0.2, 0.25) is 0 Å². The molecule has 0 aliphatic rings. The zero-order chi connectivity index (χ0) is 9.42. The van der Waals surface area contributed by atoms with Crippen LogP contribution in [0.2, 0.25) is 0 Å². The van der Waals surface area contributed by atoms with Crippen LogP contribution in [0, 0.1) is 6.92 Å². The second kappa shape index (κ2) is 3.00. The van der Waals surface area contributed by atoms with E-state index in [9.17, 15) is 5.11 Å². The van der Waals surface area contributed by atoms with E-state index in [-0.39, 0.29) is 5.75 Å². The van der Waals surface area contributed by atoms with Crippen LogP contribution in [0.4, 0.5) is 0 Å². The van der Waals surface area contributed by atoms with Gasteiger partial charge in [0.05, 0.1) is 5.52 Å². The molecule has 0 saturated carbocycles. The smallest absolute Gasteiger partial charge is 0.117 e. The maximum absolute atomic E-state index is 9.26. The van der Waals surface area contributed by atoms with Gasteiger partial charge in [0.15, 0.2) is 0 Å². The second-order valence-electron chi connectivity index (χ2n) is 2.96. The van der Waals surface area contributed by atoms with E-state index in [4.69, 9.17) is 0 Å². The van der Waals surface area contributed by atoms with Crippen molar-refractivity contribution in [2.75, 3.05) is 0 Å². The van der Waals surface area contributed by atoms with Crippen LogP contribution < -0.4 is 0 Å². The summed E-state index contributed by atoms with van der Waals surface area (Å²) in [5.74, 6) is 0.248. The number of aromatic nitrogens is 1. The lowest BCUT2D eigenvalue weighted by atomic mass is 10.1. The first-order valence-corrected chi connectivity index (χ1v) is 4.72. The predicted molar refractivity (Wildman–Crippen MR) is 55.8 cm³/mol. The summed E-state index contributed by atoms with van der Waals surface area (Å²) in [6.07, 6.45) is 0. The molecule has 1 heterocycles. The maximum atomic E-state index is 9.26. The van der Waals surface area contributed by atoms with Gasteiger partial charge in [-0.2, -0.15) is 0 Å². The monoisotopic (exact) mass is 237 g/mol. The standard InChI is InChI=1S/C10H8BrNO/c1-6-4-10(11)12-9-5-7(13)2-3-8(6)9/h2-5,13H,1H3. The first-order chi connectivity index (χ1) is 6.16. The molecular formula is C10H8BrNO. The van der Waals surface area contributed by atoms with E-state index in [1.165, 1.54) is 0 Å². The Bertz CT molecular complexity index is 462. The van der Waals surface area contributed by atoms with E-state index in [0.29, 0.717) is 0 Å². The van der Waals surface area contributed by atoms with Crippen molar-refractivity contribution < 1.29 is 5.11 Å².